The Kier molecular flexibility index (Phi) is 7.35. The molecule has 11 nitrogen and oxygen atoms in total. The summed E-state index contributed by atoms with van der Waals surface area (Å²) in [5.74, 6) is 0.569. The summed E-state index contributed by atoms with van der Waals surface area (Å²) in [4.78, 5) is 44.7. The molecular formula is C29H30N4O7S. The van der Waals surface area contributed by atoms with Crippen LogP contribution in [0.4, 0.5) is 0 Å². The lowest BCUT2D eigenvalue weighted by atomic mass is 9.95. The van der Waals surface area contributed by atoms with Crippen molar-refractivity contribution in [2.24, 2.45) is 19.1 Å². The molecule has 5 rings (SSSR count). The van der Waals surface area contributed by atoms with Gasteiger partial charge >= 0.3 is 11.7 Å². The second kappa shape index (κ2) is 10.8. The molecule has 1 aliphatic rings. The van der Waals surface area contributed by atoms with Crippen molar-refractivity contribution in [3.63, 3.8) is 0 Å². The maximum absolute atomic E-state index is 14.0. The van der Waals surface area contributed by atoms with Crippen LogP contribution >= 0.6 is 11.3 Å². The Bertz CT molecular complexity index is 1950. The van der Waals surface area contributed by atoms with E-state index in [-0.39, 0.29) is 23.4 Å². The first kappa shape index (κ1) is 28.0. The quantitative estimate of drug-likeness (QED) is 0.308. The van der Waals surface area contributed by atoms with Crippen LogP contribution in [0.1, 0.15) is 31.0 Å². The zero-order chi connectivity index (χ0) is 29.6. The van der Waals surface area contributed by atoms with E-state index in [0.717, 1.165) is 16.6 Å². The summed E-state index contributed by atoms with van der Waals surface area (Å²) in [5, 5.41) is 0. The van der Waals surface area contributed by atoms with Crippen LogP contribution < -0.4 is 34.8 Å². The van der Waals surface area contributed by atoms with Gasteiger partial charge in [-0.1, -0.05) is 17.4 Å². The SMILES string of the molecule is CCOC(=O)C1=C(C)N=c2s/c(=C/c3ccc4c(c3)n(C)c(=O)n4C)c(=O)n2[C@@H]1c1cc(OC)c(OC)c(OC)c1. The van der Waals surface area contributed by atoms with Gasteiger partial charge in [-0.25, -0.2) is 14.6 Å². The highest BCUT2D eigenvalue weighted by Crippen LogP contribution is 2.42. The Labute approximate surface area is 238 Å². The molecule has 4 aromatic rings. The average Bonchev–Trinajstić information content (AvgIpc) is 3.38. The molecular weight excluding hydrogens is 548 g/mol. The van der Waals surface area contributed by atoms with Gasteiger partial charge in [-0.05, 0) is 55.3 Å². The fourth-order valence-corrected chi connectivity index (χ4v) is 6.18. The summed E-state index contributed by atoms with van der Waals surface area (Å²) in [5.41, 5.74) is 3.05. The van der Waals surface area contributed by atoms with Gasteiger partial charge in [-0.2, -0.15) is 0 Å². The lowest BCUT2D eigenvalue weighted by Crippen LogP contribution is -2.40. The number of methoxy groups -OCH3 is 3. The third-order valence-corrected chi connectivity index (χ3v) is 8.10. The minimum Gasteiger partial charge on any atom is -0.493 e. The molecule has 0 radical (unpaired) electrons. The van der Waals surface area contributed by atoms with Gasteiger partial charge in [0.2, 0.25) is 5.75 Å². The number of esters is 1. The molecule has 0 bridgehead atoms. The minimum absolute atomic E-state index is 0.135. The lowest BCUT2D eigenvalue weighted by molar-refractivity contribution is -0.139. The highest BCUT2D eigenvalue weighted by molar-refractivity contribution is 7.07. The van der Waals surface area contributed by atoms with Crippen LogP contribution in [0.15, 0.2) is 56.2 Å². The second-order valence-corrected chi connectivity index (χ2v) is 10.4. The van der Waals surface area contributed by atoms with Gasteiger partial charge in [-0.3, -0.25) is 18.5 Å². The molecule has 0 aliphatic carbocycles. The van der Waals surface area contributed by atoms with Gasteiger partial charge in [0.25, 0.3) is 5.56 Å². The molecule has 0 saturated heterocycles. The summed E-state index contributed by atoms with van der Waals surface area (Å²) >= 11 is 1.21. The van der Waals surface area contributed by atoms with Crippen molar-refractivity contribution in [3.05, 3.63) is 82.9 Å². The maximum atomic E-state index is 14.0. The molecule has 0 spiro atoms. The summed E-state index contributed by atoms with van der Waals surface area (Å²) in [6.07, 6.45) is 1.76. The molecule has 3 heterocycles. The molecule has 0 fully saturated rings. The van der Waals surface area contributed by atoms with Gasteiger partial charge in [0.1, 0.15) is 0 Å². The van der Waals surface area contributed by atoms with Gasteiger partial charge in [-0.15, -0.1) is 0 Å². The molecule has 0 saturated carbocycles. The molecule has 0 unspecified atom stereocenters. The largest absolute Gasteiger partial charge is 0.493 e. The summed E-state index contributed by atoms with van der Waals surface area (Å²) in [7, 11) is 7.93. The van der Waals surface area contributed by atoms with E-state index < -0.39 is 12.0 Å². The highest BCUT2D eigenvalue weighted by Gasteiger charge is 2.34. The molecule has 2 aromatic heterocycles. The fourth-order valence-electron chi connectivity index (χ4n) is 5.13. The van der Waals surface area contributed by atoms with E-state index >= 15 is 0 Å². The predicted molar refractivity (Wildman–Crippen MR) is 155 cm³/mol. The summed E-state index contributed by atoms with van der Waals surface area (Å²) < 4.78 is 27.0. The number of fused-ring (bicyclic) bond motifs is 2. The van der Waals surface area contributed by atoms with Crippen molar-refractivity contribution in [2.45, 2.75) is 19.9 Å². The molecule has 12 heteroatoms. The first-order valence-corrected chi connectivity index (χ1v) is 13.6. The third kappa shape index (κ3) is 4.53. The monoisotopic (exact) mass is 578 g/mol. The topological polar surface area (TPSA) is 115 Å². The number of hydrogen-bond acceptors (Lipinski definition) is 9. The van der Waals surface area contributed by atoms with Crippen LogP contribution in [0, 0.1) is 0 Å². The van der Waals surface area contributed by atoms with Gasteiger partial charge in [0.05, 0.1) is 60.8 Å². The second-order valence-electron chi connectivity index (χ2n) is 9.41. The third-order valence-electron chi connectivity index (χ3n) is 7.11. The first-order chi connectivity index (χ1) is 19.6. The van der Waals surface area contributed by atoms with E-state index in [2.05, 4.69) is 4.99 Å². The molecule has 2 aromatic carbocycles. The van der Waals surface area contributed by atoms with Crippen molar-refractivity contribution in [1.29, 1.82) is 0 Å². The van der Waals surface area contributed by atoms with Crippen molar-refractivity contribution >= 4 is 34.4 Å². The van der Waals surface area contributed by atoms with Crippen LogP contribution in [0.3, 0.4) is 0 Å². The molecule has 41 heavy (non-hydrogen) atoms. The number of benzene rings is 2. The van der Waals surface area contributed by atoms with Crippen LogP contribution in [-0.4, -0.2) is 47.6 Å². The summed E-state index contributed by atoms with van der Waals surface area (Å²) in [6.45, 7) is 3.60. The van der Waals surface area contributed by atoms with Crippen LogP contribution in [-0.2, 0) is 23.6 Å². The van der Waals surface area contributed by atoms with E-state index in [0.29, 0.717) is 37.8 Å². The number of ether oxygens (including phenoxy) is 4. The molecule has 1 atom stereocenters. The van der Waals surface area contributed by atoms with Crippen molar-refractivity contribution < 1.29 is 23.7 Å². The Morgan fingerprint density at radius 1 is 1.00 bits per heavy atom. The Balaban J connectivity index is 1.76. The molecule has 214 valence electrons. The molecule has 0 amide bonds. The van der Waals surface area contributed by atoms with Crippen molar-refractivity contribution in [1.82, 2.24) is 13.7 Å². The van der Waals surface area contributed by atoms with E-state index in [1.807, 2.05) is 18.2 Å². The number of rotatable bonds is 7. The van der Waals surface area contributed by atoms with E-state index in [1.54, 1.807) is 55.3 Å². The van der Waals surface area contributed by atoms with Gasteiger partial charge in [0, 0.05) is 14.1 Å². The number of thiazole rings is 1. The first-order valence-electron chi connectivity index (χ1n) is 12.8. The molecule has 1 aliphatic heterocycles. The van der Waals surface area contributed by atoms with Crippen LogP contribution in [0.25, 0.3) is 17.1 Å². The Morgan fingerprint density at radius 2 is 1.66 bits per heavy atom. The van der Waals surface area contributed by atoms with E-state index in [9.17, 15) is 14.4 Å². The fraction of sp³-hybridized carbons (Fsp3) is 0.310. The Hall–Kier alpha value is -4.58. The highest BCUT2D eigenvalue weighted by atomic mass is 32.1. The molecule has 0 N–H and O–H groups in total. The number of imidazole rings is 1. The Morgan fingerprint density at radius 3 is 2.27 bits per heavy atom. The van der Waals surface area contributed by atoms with Crippen LogP contribution in [0.2, 0.25) is 0 Å². The number of hydrogen-bond donors (Lipinski definition) is 0. The van der Waals surface area contributed by atoms with Gasteiger partial charge < -0.3 is 18.9 Å². The lowest BCUT2D eigenvalue weighted by Gasteiger charge is -2.26. The van der Waals surface area contributed by atoms with E-state index in [4.69, 9.17) is 18.9 Å². The summed E-state index contributed by atoms with van der Waals surface area (Å²) in [6, 6.07) is 8.13. The number of nitrogens with zero attached hydrogens (tertiary/aromatic N) is 4. The smallest absolute Gasteiger partial charge is 0.338 e. The normalized spacial score (nSPS) is 15.1. The average molecular weight is 579 g/mol. The van der Waals surface area contributed by atoms with Crippen LogP contribution in [0.5, 0.6) is 17.2 Å². The predicted octanol–water partition coefficient (Wildman–Crippen LogP) is 2.01. The van der Waals surface area contributed by atoms with Crippen molar-refractivity contribution in [2.75, 3.05) is 27.9 Å². The zero-order valence-electron chi connectivity index (χ0n) is 23.8. The van der Waals surface area contributed by atoms with Gasteiger partial charge in [0.15, 0.2) is 16.3 Å². The standard InChI is InChI=1S/C29H30N4O7S/c1-8-40-27(35)23-15(2)30-28-33(24(23)17-13-20(37-5)25(39-7)21(14-17)38-6)26(34)22(41-28)12-16-9-10-18-19(11-16)32(4)29(36)31(18)3/h9-14,24H,8H2,1-7H3/b22-12+/t24-/m1/s1. The zero-order valence-corrected chi connectivity index (χ0v) is 24.6. The number of carbonyl (C=O) groups excluding carboxylic acids is 1. The number of carbonyl (C=O) groups is 1. The van der Waals surface area contributed by atoms with E-state index in [1.165, 1.54) is 37.2 Å². The van der Waals surface area contributed by atoms with Crippen molar-refractivity contribution in [3.8, 4) is 17.2 Å². The minimum atomic E-state index is -0.862. The maximum Gasteiger partial charge on any atom is 0.338 e. The number of aromatic nitrogens is 3. The number of allylic oxidation sites excluding steroid dienone is 1. The number of aryl methyl sites for hydroxylation is 2.